The number of para-hydroxylation sites is 1. The molecule has 0 saturated heterocycles. The van der Waals surface area contributed by atoms with Crippen molar-refractivity contribution in [2.24, 2.45) is 0 Å². The molecule has 1 N–H and O–H groups in total. The summed E-state index contributed by atoms with van der Waals surface area (Å²) in [4.78, 5) is 13.3. The predicted molar refractivity (Wildman–Crippen MR) is 125 cm³/mol. The van der Waals surface area contributed by atoms with Crippen LogP contribution in [-0.4, -0.2) is 17.6 Å². The van der Waals surface area contributed by atoms with E-state index in [-0.39, 0.29) is 17.6 Å². The van der Waals surface area contributed by atoms with Gasteiger partial charge in [-0.05, 0) is 36.8 Å². The Morgan fingerprint density at radius 2 is 1.74 bits per heavy atom. The van der Waals surface area contributed by atoms with Gasteiger partial charge in [0.05, 0.1) is 6.04 Å². The van der Waals surface area contributed by atoms with E-state index in [1.807, 2.05) is 61.5 Å². The molecule has 1 heterocycles. The minimum atomic E-state index is -0.557. The second kappa shape index (κ2) is 9.01. The van der Waals surface area contributed by atoms with Gasteiger partial charge in [0.2, 0.25) is 0 Å². The lowest BCUT2D eigenvalue weighted by atomic mass is 9.83. The van der Waals surface area contributed by atoms with Crippen molar-refractivity contribution >= 4 is 16.7 Å². The molecule has 1 aliphatic rings. The highest BCUT2D eigenvalue weighted by molar-refractivity contribution is 5.89. The molecule has 0 unspecified atom stereocenters. The number of ether oxygens (including phenoxy) is 2. The average Bonchev–Trinajstić information content (AvgIpc) is 2.82. The molecule has 4 nitrogen and oxygen atoms in total. The number of nitrogens with one attached hydrogen (secondary N) is 1. The first-order valence-electron chi connectivity index (χ1n) is 11.3. The third-order valence-electron chi connectivity index (χ3n) is 6.48. The molecule has 31 heavy (non-hydrogen) atoms. The molecule has 2 atom stereocenters. The van der Waals surface area contributed by atoms with Gasteiger partial charge in [0, 0.05) is 17.4 Å². The van der Waals surface area contributed by atoms with E-state index in [2.05, 4.69) is 31.3 Å². The maximum atomic E-state index is 13.3. The van der Waals surface area contributed by atoms with E-state index in [0.29, 0.717) is 6.42 Å². The smallest absolute Gasteiger partial charge is 0.261 e. The van der Waals surface area contributed by atoms with Crippen LogP contribution < -0.4 is 14.8 Å². The Morgan fingerprint density at radius 3 is 2.52 bits per heavy atom. The number of rotatable bonds is 7. The first-order valence-corrected chi connectivity index (χ1v) is 11.3. The Bertz CT molecular complexity index is 1050. The summed E-state index contributed by atoms with van der Waals surface area (Å²) in [5, 5.41) is 5.39. The lowest BCUT2D eigenvalue weighted by Gasteiger charge is -2.42. The molecule has 1 amide bonds. The summed E-state index contributed by atoms with van der Waals surface area (Å²) in [7, 11) is 0. The van der Waals surface area contributed by atoms with Gasteiger partial charge in [0.1, 0.15) is 17.1 Å². The zero-order valence-corrected chi connectivity index (χ0v) is 18.6. The van der Waals surface area contributed by atoms with Crippen molar-refractivity contribution in [3.05, 3.63) is 72.3 Å². The number of amides is 1. The summed E-state index contributed by atoms with van der Waals surface area (Å²) >= 11 is 0. The molecule has 4 rings (SSSR count). The van der Waals surface area contributed by atoms with Gasteiger partial charge in [0.25, 0.3) is 5.91 Å². The molecule has 0 aliphatic carbocycles. The first-order chi connectivity index (χ1) is 15.1. The average molecular weight is 418 g/mol. The van der Waals surface area contributed by atoms with E-state index in [9.17, 15) is 4.79 Å². The van der Waals surface area contributed by atoms with Gasteiger partial charge in [-0.1, -0.05) is 75.4 Å². The van der Waals surface area contributed by atoms with E-state index in [4.69, 9.17) is 9.47 Å². The van der Waals surface area contributed by atoms with Crippen molar-refractivity contribution in [2.45, 2.75) is 64.2 Å². The maximum absolute atomic E-state index is 13.3. The monoisotopic (exact) mass is 417 g/mol. The molecule has 0 radical (unpaired) electrons. The van der Waals surface area contributed by atoms with Gasteiger partial charge in [-0.15, -0.1) is 0 Å². The molecule has 3 aromatic carbocycles. The third-order valence-corrected chi connectivity index (χ3v) is 6.48. The fourth-order valence-electron chi connectivity index (χ4n) is 4.47. The minimum absolute atomic E-state index is 0.0850. The standard InChI is InChI=1S/C27H31NO3/c1-4-23(30-24-17-11-13-19-12-7-8-14-20(19)24)26(29)28-22-18-27(5-2,6-3)31-25-16-10-9-15-21(22)25/h7-17,22-23H,4-6,18H2,1-3H3,(H,28,29)/t22-,23-/m0/s1. The van der Waals surface area contributed by atoms with Crippen LogP contribution in [0.1, 0.15) is 58.1 Å². The zero-order chi connectivity index (χ0) is 21.8. The van der Waals surface area contributed by atoms with Crippen molar-refractivity contribution in [1.29, 1.82) is 0 Å². The topological polar surface area (TPSA) is 47.6 Å². The number of hydrogen-bond acceptors (Lipinski definition) is 3. The highest BCUT2D eigenvalue weighted by Gasteiger charge is 2.39. The van der Waals surface area contributed by atoms with E-state index < -0.39 is 6.10 Å². The summed E-state index contributed by atoms with van der Waals surface area (Å²) in [6.45, 7) is 6.28. The predicted octanol–water partition coefficient (Wildman–Crippen LogP) is 6.20. The maximum Gasteiger partial charge on any atom is 0.261 e. The molecule has 0 aromatic heterocycles. The fourth-order valence-corrected chi connectivity index (χ4v) is 4.47. The number of carbonyl (C=O) groups excluding carboxylic acids is 1. The van der Waals surface area contributed by atoms with Crippen molar-refractivity contribution in [3.8, 4) is 11.5 Å². The highest BCUT2D eigenvalue weighted by atomic mass is 16.5. The van der Waals surface area contributed by atoms with E-state index in [1.54, 1.807) is 0 Å². The molecule has 162 valence electrons. The quantitative estimate of drug-likeness (QED) is 0.498. The van der Waals surface area contributed by atoms with Gasteiger partial charge in [0.15, 0.2) is 6.10 Å². The van der Waals surface area contributed by atoms with Gasteiger partial charge in [-0.3, -0.25) is 4.79 Å². The summed E-state index contributed by atoms with van der Waals surface area (Å²) in [6.07, 6.45) is 2.58. The largest absolute Gasteiger partial charge is 0.487 e. The Morgan fingerprint density at radius 1 is 1.03 bits per heavy atom. The van der Waals surface area contributed by atoms with Gasteiger partial charge < -0.3 is 14.8 Å². The molecule has 4 heteroatoms. The van der Waals surface area contributed by atoms with E-state index in [0.717, 1.165) is 47.1 Å². The Hall–Kier alpha value is -3.01. The summed E-state index contributed by atoms with van der Waals surface area (Å²) in [5.41, 5.74) is 0.776. The summed E-state index contributed by atoms with van der Waals surface area (Å²) in [6, 6.07) is 22.0. The van der Waals surface area contributed by atoms with Crippen molar-refractivity contribution in [2.75, 3.05) is 0 Å². The fraction of sp³-hybridized carbons (Fsp3) is 0.370. The first kappa shape index (κ1) is 21.2. The number of carbonyl (C=O) groups is 1. The molecule has 0 spiro atoms. The second-order valence-corrected chi connectivity index (χ2v) is 8.29. The van der Waals surface area contributed by atoms with Gasteiger partial charge in [-0.25, -0.2) is 0 Å². The SMILES string of the molecule is CC[C@H](Oc1cccc2ccccc12)C(=O)N[C@H]1CC(CC)(CC)Oc2ccccc21. The Labute approximate surface area is 184 Å². The molecule has 1 aliphatic heterocycles. The van der Waals surface area contributed by atoms with Crippen LogP contribution in [0.15, 0.2) is 66.7 Å². The molecular weight excluding hydrogens is 386 g/mol. The Kier molecular flexibility index (Phi) is 6.17. The van der Waals surface area contributed by atoms with Crippen LogP contribution in [0.3, 0.4) is 0 Å². The summed E-state index contributed by atoms with van der Waals surface area (Å²) in [5.74, 6) is 1.52. The zero-order valence-electron chi connectivity index (χ0n) is 18.6. The number of fused-ring (bicyclic) bond motifs is 2. The molecule has 3 aromatic rings. The number of hydrogen-bond donors (Lipinski definition) is 1. The molecule has 0 fully saturated rings. The lowest BCUT2D eigenvalue weighted by molar-refractivity contribution is -0.129. The molecule has 0 bridgehead atoms. The molecule has 0 saturated carbocycles. The number of benzene rings is 3. The normalized spacial score (nSPS) is 18.0. The van der Waals surface area contributed by atoms with Crippen molar-refractivity contribution in [1.82, 2.24) is 5.32 Å². The Balaban J connectivity index is 1.57. The van der Waals surface area contributed by atoms with E-state index in [1.165, 1.54) is 0 Å². The molecular formula is C27H31NO3. The van der Waals surface area contributed by atoms with E-state index >= 15 is 0 Å². The van der Waals surface area contributed by atoms with Crippen LogP contribution in [0.2, 0.25) is 0 Å². The van der Waals surface area contributed by atoms with Crippen LogP contribution in [0.5, 0.6) is 11.5 Å². The van der Waals surface area contributed by atoms with Crippen LogP contribution >= 0.6 is 0 Å². The van der Waals surface area contributed by atoms with Gasteiger partial charge >= 0.3 is 0 Å². The van der Waals surface area contributed by atoms with Gasteiger partial charge in [-0.2, -0.15) is 0 Å². The minimum Gasteiger partial charge on any atom is -0.487 e. The van der Waals surface area contributed by atoms with Crippen LogP contribution in [0.4, 0.5) is 0 Å². The van der Waals surface area contributed by atoms with Crippen molar-refractivity contribution < 1.29 is 14.3 Å². The van der Waals surface area contributed by atoms with Crippen LogP contribution in [0.25, 0.3) is 10.8 Å². The second-order valence-electron chi connectivity index (χ2n) is 8.29. The van der Waals surface area contributed by atoms with Crippen LogP contribution in [0, 0.1) is 0 Å². The lowest BCUT2D eigenvalue weighted by Crippen LogP contribution is -2.47. The van der Waals surface area contributed by atoms with Crippen molar-refractivity contribution in [3.63, 3.8) is 0 Å². The third kappa shape index (κ3) is 4.25. The summed E-state index contributed by atoms with van der Waals surface area (Å²) < 4.78 is 12.6. The highest BCUT2D eigenvalue weighted by Crippen LogP contribution is 2.42. The van der Waals surface area contributed by atoms with Crippen LogP contribution in [-0.2, 0) is 4.79 Å².